The van der Waals surface area contributed by atoms with Crippen LogP contribution < -0.4 is 10.1 Å². The number of aryl methyl sites for hydroxylation is 1. The Labute approximate surface area is 192 Å². The molecule has 3 heterocycles. The molecule has 1 atom stereocenters. The molecule has 32 heavy (non-hydrogen) atoms. The molecule has 0 saturated carbocycles. The zero-order valence-electron chi connectivity index (χ0n) is 17.4. The fourth-order valence-corrected chi connectivity index (χ4v) is 4.58. The van der Waals surface area contributed by atoms with Gasteiger partial charge in [-0.05, 0) is 30.7 Å². The van der Waals surface area contributed by atoms with Gasteiger partial charge in [-0.2, -0.15) is 14.9 Å². The maximum Gasteiger partial charge on any atom is 0.272 e. The third-order valence-electron chi connectivity index (χ3n) is 5.49. The number of aromatic nitrogens is 5. The lowest BCUT2D eigenvalue weighted by molar-refractivity contribution is -0.116. The van der Waals surface area contributed by atoms with Gasteiger partial charge in [-0.25, -0.2) is 4.98 Å². The Hall–Kier alpha value is -3.59. The summed E-state index contributed by atoms with van der Waals surface area (Å²) in [6, 6.07) is 15.5. The van der Waals surface area contributed by atoms with Crippen molar-refractivity contribution in [3.05, 3.63) is 76.0 Å². The maximum absolute atomic E-state index is 12.6. The van der Waals surface area contributed by atoms with E-state index in [2.05, 4.69) is 41.5 Å². The second kappa shape index (κ2) is 8.16. The molecule has 9 heteroatoms. The number of hydrogen-bond acceptors (Lipinski definition) is 6. The zero-order chi connectivity index (χ0) is 22.2. The summed E-state index contributed by atoms with van der Waals surface area (Å²) in [7, 11) is 1.62. The van der Waals surface area contributed by atoms with Gasteiger partial charge in [-0.15, -0.1) is 5.10 Å². The summed E-state index contributed by atoms with van der Waals surface area (Å²) in [5.41, 5.74) is 4.26. The third kappa shape index (κ3) is 3.54. The van der Waals surface area contributed by atoms with Gasteiger partial charge in [-0.3, -0.25) is 4.79 Å². The summed E-state index contributed by atoms with van der Waals surface area (Å²) < 4.78 is 7.82. The van der Waals surface area contributed by atoms with Crippen molar-refractivity contribution in [2.75, 3.05) is 12.4 Å². The number of fused-ring (bicyclic) bond motifs is 1. The van der Waals surface area contributed by atoms with Crippen LogP contribution >= 0.6 is 15.9 Å². The van der Waals surface area contributed by atoms with Crippen LogP contribution in [0, 0.1) is 6.92 Å². The highest BCUT2D eigenvalue weighted by atomic mass is 79.9. The minimum absolute atomic E-state index is 0.0867. The molecule has 0 unspecified atom stereocenters. The zero-order valence-corrected chi connectivity index (χ0v) is 19.0. The Kier molecular flexibility index (Phi) is 5.18. The standard InChI is InChI=1S/C23H19BrN6O2/c1-13-21-17(16-8-3-4-9-18(16)24)11-20(31)27-22(21)30(29-13)23-26-19(12-25-28-23)14-6-5-7-15(10-14)32-2/h3-10,12,17H,11H2,1-2H3,(H,27,31)/t17-/m0/s1. The fraction of sp³-hybridized carbons (Fsp3) is 0.174. The number of carbonyl (C=O) groups excluding carboxylic acids is 1. The van der Waals surface area contributed by atoms with Crippen molar-refractivity contribution in [2.45, 2.75) is 19.3 Å². The molecule has 2 aromatic heterocycles. The van der Waals surface area contributed by atoms with E-state index in [1.54, 1.807) is 18.0 Å². The van der Waals surface area contributed by atoms with Crippen molar-refractivity contribution in [2.24, 2.45) is 0 Å². The second-order valence-electron chi connectivity index (χ2n) is 7.46. The first-order valence-corrected chi connectivity index (χ1v) is 10.8. The van der Waals surface area contributed by atoms with E-state index in [1.165, 1.54) is 0 Å². The SMILES string of the molecule is COc1cccc(-c2cnnc(-n3nc(C)c4c3NC(=O)C[C@H]4c3ccccc3Br)n2)c1. The first-order valence-electron chi connectivity index (χ1n) is 10.0. The number of methoxy groups -OCH3 is 1. The molecule has 0 aliphatic carbocycles. The average molecular weight is 491 g/mol. The lowest BCUT2D eigenvalue weighted by atomic mass is 9.86. The van der Waals surface area contributed by atoms with Crippen molar-refractivity contribution in [1.82, 2.24) is 25.0 Å². The van der Waals surface area contributed by atoms with E-state index in [4.69, 9.17) is 4.74 Å². The highest BCUT2D eigenvalue weighted by Crippen LogP contribution is 2.42. The molecule has 1 amide bonds. The molecule has 0 saturated heterocycles. The average Bonchev–Trinajstić information content (AvgIpc) is 3.15. The van der Waals surface area contributed by atoms with Gasteiger partial charge in [0.25, 0.3) is 5.95 Å². The van der Waals surface area contributed by atoms with Gasteiger partial charge in [0.15, 0.2) is 0 Å². The smallest absolute Gasteiger partial charge is 0.272 e. The first kappa shape index (κ1) is 20.3. The molecule has 2 aromatic carbocycles. The number of rotatable bonds is 4. The third-order valence-corrected chi connectivity index (χ3v) is 6.21. The molecule has 160 valence electrons. The van der Waals surface area contributed by atoms with Crippen LogP contribution in [0.2, 0.25) is 0 Å². The molecule has 1 aliphatic rings. The van der Waals surface area contributed by atoms with Gasteiger partial charge in [0.1, 0.15) is 11.6 Å². The summed E-state index contributed by atoms with van der Waals surface area (Å²) in [5, 5.41) is 15.9. The van der Waals surface area contributed by atoms with Gasteiger partial charge in [0.05, 0.1) is 24.7 Å². The van der Waals surface area contributed by atoms with E-state index in [9.17, 15) is 4.79 Å². The number of hydrogen-bond donors (Lipinski definition) is 1. The van der Waals surface area contributed by atoms with E-state index >= 15 is 0 Å². The van der Waals surface area contributed by atoms with Gasteiger partial charge in [-0.1, -0.05) is 46.3 Å². The Morgan fingerprint density at radius 1 is 1.19 bits per heavy atom. The Morgan fingerprint density at radius 2 is 2.03 bits per heavy atom. The van der Waals surface area contributed by atoms with E-state index in [0.717, 1.165) is 32.6 Å². The molecule has 4 aromatic rings. The van der Waals surface area contributed by atoms with Crippen LogP contribution in [-0.2, 0) is 4.79 Å². The van der Waals surface area contributed by atoms with Crippen LogP contribution in [0.5, 0.6) is 5.75 Å². The van der Waals surface area contributed by atoms with Crippen molar-refractivity contribution < 1.29 is 9.53 Å². The number of anilines is 1. The summed E-state index contributed by atoms with van der Waals surface area (Å²) >= 11 is 3.62. The highest BCUT2D eigenvalue weighted by molar-refractivity contribution is 9.10. The number of ether oxygens (including phenoxy) is 1. The van der Waals surface area contributed by atoms with Crippen LogP contribution in [-0.4, -0.2) is 38.0 Å². The van der Waals surface area contributed by atoms with E-state index in [0.29, 0.717) is 17.9 Å². The lowest BCUT2D eigenvalue weighted by Gasteiger charge is -2.24. The molecule has 8 nitrogen and oxygen atoms in total. The monoisotopic (exact) mass is 490 g/mol. The Balaban J connectivity index is 1.62. The van der Waals surface area contributed by atoms with Crippen molar-refractivity contribution in [3.8, 4) is 23.0 Å². The van der Waals surface area contributed by atoms with Crippen LogP contribution in [0.1, 0.15) is 29.2 Å². The molecule has 0 spiro atoms. The molecular formula is C23H19BrN6O2. The molecular weight excluding hydrogens is 472 g/mol. The van der Waals surface area contributed by atoms with E-state index in [-0.39, 0.29) is 17.8 Å². The first-order chi connectivity index (χ1) is 15.5. The van der Waals surface area contributed by atoms with Crippen molar-refractivity contribution >= 4 is 27.7 Å². The highest BCUT2D eigenvalue weighted by Gasteiger charge is 2.34. The number of benzene rings is 2. The molecule has 0 bridgehead atoms. The molecule has 0 fully saturated rings. The lowest BCUT2D eigenvalue weighted by Crippen LogP contribution is -2.25. The van der Waals surface area contributed by atoms with Gasteiger partial charge in [0.2, 0.25) is 5.91 Å². The number of amides is 1. The van der Waals surface area contributed by atoms with Crippen LogP contribution in [0.25, 0.3) is 17.2 Å². The minimum atomic E-state index is -0.127. The van der Waals surface area contributed by atoms with E-state index < -0.39 is 0 Å². The maximum atomic E-state index is 12.6. The summed E-state index contributed by atoms with van der Waals surface area (Å²) in [6.07, 6.45) is 1.93. The van der Waals surface area contributed by atoms with Gasteiger partial charge >= 0.3 is 0 Å². The predicted molar refractivity (Wildman–Crippen MR) is 123 cm³/mol. The molecule has 5 rings (SSSR count). The van der Waals surface area contributed by atoms with Crippen LogP contribution in [0.15, 0.2) is 59.2 Å². The summed E-state index contributed by atoms with van der Waals surface area (Å²) in [5.74, 6) is 1.36. The molecule has 1 N–H and O–H groups in total. The molecule has 1 aliphatic heterocycles. The predicted octanol–water partition coefficient (Wildman–Crippen LogP) is 4.28. The van der Waals surface area contributed by atoms with E-state index in [1.807, 2.05) is 55.5 Å². The van der Waals surface area contributed by atoms with Gasteiger partial charge in [0, 0.05) is 27.9 Å². The number of nitrogens with one attached hydrogen (secondary N) is 1. The topological polar surface area (TPSA) is 94.8 Å². The molecule has 0 radical (unpaired) electrons. The summed E-state index contributed by atoms with van der Waals surface area (Å²) in [4.78, 5) is 17.3. The minimum Gasteiger partial charge on any atom is -0.497 e. The van der Waals surface area contributed by atoms with Crippen LogP contribution in [0.3, 0.4) is 0 Å². The van der Waals surface area contributed by atoms with Crippen LogP contribution in [0.4, 0.5) is 5.82 Å². The quantitative estimate of drug-likeness (QED) is 0.458. The van der Waals surface area contributed by atoms with Gasteiger partial charge < -0.3 is 10.1 Å². The summed E-state index contributed by atoms with van der Waals surface area (Å²) in [6.45, 7) is 1.93. The second-order valence-corrected chi connectivity index (χ2v) is 8.31. The van der Waals surface area contributed by atoms with Crippen molar-refractivity contribution in [3.63, 3.8) is 0 Å². The number of nitrogens with zero attached hydrogens (tertiary/aromatic N) is 5. The largest absolute Gasteiger partial charge is 0.497 e. The van der Waals surface area contributed by atoms with Crippen molar-refractivity contribution in [1.29, 1.82) is 0 Å². The Morgan fingerprint density at radius 3 is 2.84 bits per heavy atom. The number of carbonyl (C=O) groups is 1. The normalized spacial score (nSPS) is 15.2. The fourth-order valence-electron chi connectivity index (χ4n) is 4.02. The number of halogens is 1. The Bertz CT molecular complexity index is 1340.